The van der Waals surface area contributed by atoms with Crippen LogP contribution in [0.2, 0.25) is 0 Å². The number of carbonyl (C=O) groups excluding carboxylic acids is 1. The Morgan fingerprint density at radius 3 is 2.32 bits per heavy atom. The Hall–Kier alpha value is -4.06. The molecule has 6 nitrogen and oxygen atoms in total. The van der Waals surface area contributed by atoms with Crippen LogP contribution in [0.4, 0.5) is 0 Å². The van der Waals surface area contributed by atoms with Crippen molar-refractivity contribution >= 4 is 5.97 Å². The van der Waals surface area contributed by atoms with Gasteiger partial charge in [0.05, 0.1) is 5.56 Å². The second-order valence-electron chi connectivity index (χ2n) is 7.06. The van der Waals surface area contributed by atoms with Gasteiger partial charge in [-0.2, -0.15) is 0 Å². The van der Waals surface area contributed by atoms with E-state index in [0.717, 1.165) is 16.7 Å². The molecule has 0 radical (unpaired) electrons. The van der Waals surface area contributed by atoms with Gasteiger partial charge in [-0.25, -0.2) is 4.79 Å². The van der Waals surface area contributed by atoms with Crippen molar-refractivity contribution in [3.63, 3.8) is 0 Å². The first-order valence-electron chi connectivity index (χ1n) is 9.94. The number of hydrogen-bond acceptors (Lipinski definition) is 6. The first-order valence-corrected chi connectivity index (χ1v) is 9.94. The second kappa shape index (κ2) is 8.36. The van der Waals surface area contributed by atoms with Gasteiger partial charge in [0.25, 0.3) is 0 Å². The zero-order valence-corrected chi connectivity index (χ0v) is 16.6. The highest BCUT2D eigenvalue weighted by atomic mass is 16.6. The van der Waals surface area contributed by atoms with E-state index in [1.165, 1.54) is 0 Å². The molecule has 0 bridgehead atoms. The van der Waals surface area contributed by atoms with Crippen LogP contribution in [0.1, 0.15) is 16.1 Å². The predicted octanol–water partition coefficient (Wildman–Crippen LogP) is 5.14. The lowest BCUT2D eigenvalue weighted by atomic mass is 10.0. The van der Waals surface area contributed by atoms with Crippen molar-refractivity contribution in [3.05, 3.63) is 90.1 Å². The minimum atomic E-state index is -0.413. The summed E-state index contributed by atoms with van der Waals surface area (Å²) >= 11 is 0. The molecule has 1 aliphatic heterocycles. The maximum atomic E-state index is 12.4. The quantitative estimate of drug-likeness (QED) is 0.422. The van der Waals surface area contributed by atoms with Crippen LogP contribution in [0.25, 0.3) is 22.5 Å². The lowest BCUT2D eigenvalue weighted by Crippen LogP contribution is -2.15. The third-order valence-corrected chi connectivity index (χ3v) is 4.96. The molecular weight excluding hydrogens is 394 g/mol. The molecule has 6 heteroatoms. The van der Waals surface area contributed by atoms with Crippen molar-refractivity contribution in [3.8, 4) is 33.9 Å². The normalized spacial score (nSPS) is 12.4. The molecule has 31 heavy (non-hydrogen) atoms. The van der Waals surface area contributed by atoms with Crippen LogP contribution in [0.3, 0.4) is 0 Å². The lowest BCUT2D eigenvalue weighted by Gasteiger charge is -2.18. The number of fused-ring (bicyclic) bond motifs is 1. The molecule has 0 unspecified atom stereocenters. The van der Waals surface area contributed by atoms with Crippen LogP contribution in [0.5, 0.6) is 11.5 Å². The van der Waals surface area contributed by atoms with Gasteiger partial charge in [-0.15, -0.1) is 0 Å². The van der Waals surface area contributed by atoms with Gasteiger partial charge in [0, 0.05) is 11.6 Å². The molecule has 1 aliphatic rings. The van der Waals surface area contributed by atoms with Crippen LogP contribution in [0.15, 0.2) is 83.4 Å². The van der Waals surface area contributed by atoms with E-state index >= 15 is 0 Å². The van der Waals surface area contributed by atoms with E-state index < -0.39 is 5.97 Å². The molecule has 0 amide bonds. The molecule has 5 rings (SSSR count). The number of carbonyl (C=O) groups is 1. The third-order valence-electron chi connectivity index (χ3n) is 4.96. The first kappa shape index (κ1) is 18.9. The van der Waals surface area contributed by atoms with E-state index in [4.69, 9.17) is 18.7 Å². The monoisotopic (exact) mass is 413 g/mol. The summed E-state index contributed by atoms with van der Waals surface area (Å²) in [7, 11) is 0. The predicted molar refractivity (Wildman–Crippen MR) is 114 cm³/mol. The van der Waals surface area contributed by atoms with Gasteiger partial charge in [-0.3, -0.25) is 0 Å². The van der Waals surface area contributed by atoms with Crippen LogP contribution in [-0.2, 0) is 11.3 Å². The smallest absolute Gasteiger partial charge is 0.338 e. The summed E-state index contributed by atoms with van der Waals surface area (Å²) in [5, 5.41) is 4.00. The Kier molecular flexibility index (Phi) is 5.10. The summed E-state index contributed by atoms with van der Waals surface area (Å²) in [5.74, 6) is 1.53. The molecule has 0 N–H and O–H groups in total. The fourth-order valence-electron chi connectivity index (χ4n) is 3.36. The summed E-state index contributed by atoms with van der Waals surface area (Å²) in [4.78, 5) is 12.4. The molecule has 2 heterocycles. The van der Waals surface area contributed by atoms with E-state index in [0.29, 0.717) is 41.7 Å². The molecule has 4 aromatic rings. The summed E-state index contributed by atoms with van der Waals surface area (Å²) in [5.41, 5.74) is 3.95. The number of ether oxygens (including phenoxy) is 3. The maximum absolute atomic E-state index is 12.4. The number of hydrogen-bond donors (Lipinski definition) is 0. The minimum absolute atomic E-state index is 0.0212. The van der Waals surface area contributed by atoms with Gasteiger partial charge in [0.15, 0.2) is 17.3 Å². The summed E-state index contributed by atoms with van der Waals surface area (Å²) in [6, 6.07) is 24.6. The Balaban J connectivity index is 1.23. The summed E-state index contributed by atoms with van der Waals surface area (Å²) in [6.45, 7) is 1.08. The third kappa shape index (κ3) is 4.14. The molecule has 3 aromatic carbocycles. The van der Waals surface area contributed by atoms with Gasteiger partial charge < -0.3 is 18.7 Å². The van der Waals surface area contributed by atoms with Gasteiger partial charge in [0.1, 0.15) is 25.5 Å². The van der Waals surface area contributed by atoms with Crippen LogP contribution in [0, 0.1) is 0 Å². The minimum Gasteiger partial charge on any atom is -0.486 e. The van der Waals surface area contributed by atoms with Crippen molar-refractivity contribution in [2.45, 2.75) is 6.61 Å². The highest BCUT2D eigenvalue weighted by molar-refractivity contribution is 5.90. The van der Waals surface area contributed by atoms with Crippen molar-refractivity contribution < 1.29 is 23.5 Å². The lowest BCUT2D eigenvalue weighted by molar-refractivity contribution is 0.0464. The second-order valence-corrected chi connectivity index (χ2v) is 7.06. The van der Waals surface area contributed by atoms with Crippen molar-refractivity contribution in [1.82, 2.24) is 5.16 Å². The molecule has 0 aliphatic carbocycles. The fourth-order valence-corrected chi connectivity index (χ4v) is 3.36. The topological polar surface area (TPSA) is 70.8 Å². The number of nitrogens with zero attached hydrogens (tertiary/aromatic N) is 1. The van der Waals surface area contributed by atoms with E-state index in [1.807, 2.05) is 60.7 Å². The SMILES string of the molecule is O=C(OCc1cc(-c2ccc3c(c2)OCCO3)on1)c1ccc(-c2ccccc2)cc1. The highest BCUT2D eigenvalue weighted by Crippen LogP contribution is 2.34. The van der Waals surface area contributed by atoms with Crippen LogP contribution < -0.4 is 9.47 Å². The molecule has 1 aromatic heterocycles. The molecule has 0 fully saturated rings. The Morgan fingerprint density at radius 2 is 1.52 bits per heavy atom. The van der Waals surface area contributed by atoms with Crippen LogP contribution >= 0.6 is 0 Å². The Bertz CT molecular complexity index is 1200. The average Bonchev–Trinajstić information content (AvgIpc) is 3.32. The highest BCUT2D eigenvalue weighted by Gasteiger charge is 2.16. The average molecular weight is 413 g/mol. The van der Waals surface area contributed by atoms with E-state index in [2.05, 4.69) is 5.16 Å². The van der Waals surface area contributed by atoms with Gasteiger partial charge in [-0.1, -0.05) is 47.6 Å². The first-order chi connectivity index (χ1) is 15.3. The number of aromatic nitrogens is 1. The molecule has 0 saturated carbocycles. The zero-order chi connectivity index (χ0) is 21.0. The van der Waals surface area contributed by atoms with Gasteiger partial charge >= 0.3 is 5.97 Å². The summed E-state index contributed by atoms with van der Waals surface area (Å²) in [6.07, 6.45) is 0. The van der Waals surface area contributed by atoms with Crippen LogP contribution in [-0.4, -0.2) is 24.3 Å². The molecular formula is C25H19NO5. The molecule has 0 atom stereocenters. The Morgan fingerprint density at radius 1 is 0.806 bits per heavy atom. The maximum Gasteiger partial charge on any atom is 0.338 e. The molecule has 0 spiro atoms. The van der Waals surface area contributed by atoms with Gasteiger partial charge in [-0.05, 0) is 41.5 Å². The number of esters is 1. The summed E-state index contributed by atoms with van der Waals surface area (Å²) < 4.78 is 21.9. The van der Waals surface area contributed by atoms with Crippen molar-refractivity contribution in [1.29, 1.82) is 0 Å². The van der Waals surface area contributed by atoms with Crippen molar-refractivity contribution in [2.24, 2.45) is 0 Å². The standard InChI is InChI=1S/C25H19NO5/c27-25(19-8-6-18(7-9-19)17-4-2-1-3-5-17)30-16-21-15-23(31-26-21)20-10-11-22-24(14-20)29-13-12-28-22/h1-11,14-15H,12-13,16H2. The Labute approximate surface area is 179 Å². The number of benzene rings is 3. The molecule has 0 saturated heterocycles. The largest absolute Gasteiger partial charge is 0.486 e. The van der Waals surface area contributed by atoms with E-state index in [-0.39, 0.29) is 6.61 Å². The fraction of sp³-hybridized carbons (Fsp3) is 0.120. The van der Waals surface area contributed by atoms with Gasteiger partial charge in [0.2, 0.25) is 0 Å². The van der Waals surface area contributed by atoms with Crippen molar-refractivity contribution in [2.75, 3.05) is 13.2 Å². The molecule has 154 valence electrons. The number of rotatable bonds is 5. The van der Waals surface area contributed by atoms with E-state index in [1.54, 1.807) is 18.2 Å². The van der Waals surface area contributed by atoms with E-state index in [9.17, 15) is 4.79 Å². The zero-order valence-electron chi connectivity index (χ0n) is 16.6.